The Morgan fingerprint density at radius 1 is 1.21 bits per heavy atom. The summed E-state index contributed by atoms with van der Waals surface area (Å²) in [6, 6.07) is 0.600. The highest BCUT2D eigenvalue weighted by Gasteiger charge is 2.17. The van der Waals surface area contributed by atoms with Crippen molar-refractivity contribution in [2.75, 3.05) is 5.32 Å². The molecule has 0 aromatic carbocycles. The highest BCUT2D eigenvalue weighted by molar-refractivity contribution is 5.31. The molecule has 1 aliphatic carbocycles. The van der Waals surface area contributed by atoms with Gasteiger partial charge >= 0.3 is 0 Å². The van der Waals surface area contributed by atoms with Crippen molar-refractivity contribution in [1.82, 2.24) is 9.97 Å². The zero-order valence-electron chi connectivity index (χ0n) is 8.61. The molecular weight excluding hydrogens is 174 g/mol. The molecule has 1 aliphatic rings. The Balaban J connectivity index is 1.87. The quantitative estimate of drug-likeness (QED) is 0.780. The molecule has 3 nitrogen and oxygen atoms in total. The van der Waals surface area contributed by atoms with Crippen molar-refractivity contribution in [1.29, 1.82) is 0 Å². The highest BCUT2D eigenvalue weighted by Crippen LogP contribution is 2.25. The van der Waals surface area contributed by atoms with E-state index < -0.39 is 0 Å². The standard InChI is InChI=1S/C11H17N3/c1-9-2-4-10(5-3-9)14-11-8-12-6-7-13-11/h6-10H,2-5H2,1H3,(H,13,14). The lowest BCUT2D eigenvalue weighted by Gasteiger charge is -2.27. The Labute approximate surface area is 85.0 Å². The van der Waals surface area contributed by atoms with Crippen LogP contribution in [0.1, 0.15) is 32.6 Å². The molecule has 76 valence electrons. The molecule has 0 radical (unpaired) electrons. The summed E-state index contributed by atoms with van der Waals surface area (Å²) in [7, 11) is 0. The van der Waals surface area contributed by atoms with Gasteiger partial charge < -0.3 is 5.32 Å². The van der Waals surface area contributed by atoms with Gasteiger partial charge in [-0.05, 0) is 31.6 Å². The zero-order chi connectivity index (χ0) is 9.80. The van der Waals surface area contributed by atoms with E-state index in [9.17, 15) is 0 Å². The van der Waals surface area contributed by atoms with E-state index in [0.29, 0.717) is 6.04 Å². The Kier molecular flexibility index (Phi) is 2.96. The van der Waals surface area contributed by atoms with Crippen LogP contribution >= 0.6 is 0 Å². The minimum Gasteiger partial charge on any atom is -0.366 e. The van der Waals surface area contributed by atoms with Gasteiger partial charge in [0.15, 0.2) is 0 Å². The number of rotatable bonds is 2. The highest BCUT2D eigenvalue weighted by atomic mass is 15.0. The Bertz CT molecular complexity index is 265. The summed E-state index contributed by atoms with van der Waals surface area (Å²) in [5.74, 6) is 1.81. The Hall–Kier alpha value is -1.12. The molecule has 0 atom stereocenters. The number of hydrogen-bond acceptors (Lipinski definition) is 3. The molecule has 0 unspecified atom stereocenters. The third kappa shape index (κ3) is 2.44. The fourth-order valence-electron chi connectivity index (χ4n) is 1.99. The van der Waals surface area contributed by atoms with Gasteiger partial charge in [0.25, 0.3) is 0 Å². The molecule has 1 fully saturated rings. The molecule has 2 rings (SSSR count). The SMILES string of the molecule is CC1CCC(Nc2cnccn2)CC1. The van der Waals surface area contributed by atoms with Gasteiger partial charge in [0.1, 0.15) is 5.82 Å². The minimum atomic E-state index is 0.600. The lowest BCUT2D eigenvalue weighted by Crippen LogP contribution is -2.25. The first-order valence-electron chi connectivity index (χ1n) is 5.37. The van der Waals surface area contributed by atoms with Gasteiger partial charge in [-0.25, -0.2) is 4.98 Å². The molecule has 14 heavy (non-hydrogen) atoms. The van der Waals surface area contributed by atoms with Gasteiger partial charge in [-0.3, -0.25) is 4.98 Å². The van der Waals surface area contributed by atoms with Gasteiger partial charge in [0.2, 0.25) is 0 Å². The van der Waals surface area contributed by atoms with E-state index >= 15 is 0 Å². The molecule has 0 saturated heterocycles. The molecule has 1 aromatic rings. The van der Waals surface area contributed by atoms with Crippen LogP contribution in [0.4, 0.5) is 5.82 Å². The molecule has 1 N–H and O–H groups in total. The van der Waals surface area contributed by atoms with Crippen molar-refractivity contribution in [3.05, 3.63) is 18.6 Å². The summed E-state index contributed by atoms with van der Waals surface area (Å²) in [6.07, 6.45) is 10.4. The fourth-order valence-corrected chi connectivity index (χ4v) is 1.99. The van der Waals surface area contributed by atoms with Crippen LogP contribution in [0.5, 0.6) is 0 Å². The maximum absolute atomic E-state index is 4.22. The summed E-state index contributed by atoms with van der Waals surface area (Å²) in [5, 5.41) is 3.43. The van der Waals surface area contributed by atoms with E-state index in [-0.39, 0.29) is 0 Å². The van der Waals surface area contributed by atoms with Crippen molar-refractivity contribution in [3.63, 3.8) is 0 Å². The largest absolute Gasteiger partial charge is 0.366 e. The van der Waals surface area contributed by atoms with Gasteiger partial charge in [0.05, 0.1) is 6.20 Å². The average Bonchev–Trinajstić information content (AvgIpc) is 2.23. The molecule has 0 amide bonds. The first-order valence-corrected chi connectivity index (χ1v) is 5.37. The van der Waals surface area contributed by atoms with Crippen LogP contribution in [0.2, 0.25) is 0 Å². The summed E-state index contributed by atoms with van der Waals surface area (Å²) < 4.78 is 0. The van der Waals surface area contributed by atoms with Crippen LogP contribution in [-0.4, -0.2) is 16.0 Å². The molecule has 1 saturated carbocycles. The second-order valence-corrected chi connectivity index (χ2v) is 4.19. The molecule has 3 heteroatoms. The normalized spacial score (nSPS) is 27.2. The van der Waals surface area contributed by atoms with Crippen LogP contribution in [0.15, 0.2) is 18.6 Å². The fraction of sp³-hybridized carbons (Fsp3) is 0.636. The van der Waals surface area contributed by atoms with Crippen molar-refractivity contribution in [3.8, 4) is 0 Å². The monoisotopic (exact) mass is 191 g/mol. The van der Waals surface area contributed by atoms with Gasteiger partial charge in [-0.15, -0.1) is 0 Å². The summed E-state index contributed by atoms with van der Waals surface area (Å²) >= 11 is 0. The van der Waals surface area contributed by atoms with E-state index in [2.05, 4.69) is 22.2 Å². The van der Waals surface area contributed by atoms with Crippen molar-refractivity contribution >= 4 is 5.82 Å². The number of nitrogens with one attached hydrogen (secondary N) is 1. The second-order valence-electron chi connectivity index (χ2n) is 4.19. The first kappa shape index (κ1) is 9.44. The lowest BCUT2D eigenvalue weighted by atomic mass is 9.87. The molecule has 0 bridgehead atoms. The maximum atomic E-state index is 4.22. The number of aromatic nitrogens is 2. The summed E-state index contributed by atoms with van der Waals surface area (Å²) in [6.45, 7) is 2.33. The number of nitrogens with zero attached hydrogens (tertiary/aromatic N) is 2. The van der Waals surface area contributed by atoms with Gasteiger partial charge in [-0.1, -0.05) is 6.92 Å². The topological polar surface area (TPSA) is 37.8 Å². The van der Waals surface area contributed by atoms with Crippen LogP contribution in [0.3, 0.4) is 0 Å². The average molecular weight is 191 g/mol. The van der Waals surface area contributed by atoms with Crippen molar-refractivity contribution < 1.29 is 0 Å². The minimum absolute atomic E-state index is 0.600. The van der Waals surface area contributed by atoms with E-state index in [1.807, 2.05) is 0 Å². The summed E-state index contributed by atoms with van der Waals surface area (Å²) in [5.41, 5.74) is 0. The first-order chi connectivity index (χ1) is 6.84. The van der Waals surface area contributed by atoms with E-state index in [1.165, 1.54) is 25.7 Å². The predicted molar refractivity (Wildman–Crippen MR) is 57.1 cm³/mol. The maximum Gasteiger partial charge on any atom is 0.144 e. The van der Waals surface area contributed by atoms with Crippen LogP contribution in [0.25, 0.3) is 0 Å². The van der Waals surface area contributed by atoms with Crippen molar-refractivity contribution in [2.45, 2.75) is 38.6 Å². The number of anilines is 1. The second kappa shape index (κ2) is 4.40. The zero-order valence-corrected chi connectivity index (χ0v) is 8.61. The third-order valence-corrected chi connectivity index (χ3v) is 2.93. The molecule has 1 heterocycles. The van der Waals surface area contributed by atoms with E-state index in [4.69, 9.17) is 0 Å². The predicted octanol–water partition coefficient (Wildman–Crippen LogP) is 2.47. The van der Waals surface area contributed by atoms with Crippen LogP contribution in [-0.2, 0) is 0 Å². The van der Waals surface area contributed by atoms with Crippen molar-refractivity contribution in [2.24, 2.45) is 5.92 Å². The number of hydrogen-bond donors (Lipinski definition) is 1. The van der Waals surface area contributed by atoms with E-state index in [1.54, 1.807) is 18.6 Å². The Morgan fingerprint density at radius 2 is 2.00 bits per heavy atom. The van der Waals surface area contributed by atoms with E-state index in [0.717, 1.165) is 11.7 Å². The Morgan fingerprint density at radius 3 is 2.64 bits per heavy atom. The third-order valence-electron chi connectivity index (χ3n) is 2.93. The smallest absolute Gasteiger partial charge is 0.144 e. The lowest BCUT2D eigenvalue weighted by molar-refractivity contribution is 0.361. The molecule has 0 aliphatic heterocycles. The van der Waals surface area contributed by atoms with Crippen LogP contribution in [0, 0.1) is 5.92 Å². The summed E-state index contributed by atoms with van der Waals surface area (Å²) in [4.78, 5) is 8.26. The van der Waals surface area contributed by atoms with Gasteiger partial charge in [0, 0.05) is 18.4 Å². The van der Waals surface area contributed by atoms with Crippen LogP contribution < -0.4 is 5.32 Å². The molecular formula is C11H17N3. The molecule has 0 spiro atoms. The molecule has 1 aromatic heterocycles. The van der Waals surface area contributed by atoms with Gasteiger partial charge in [-0.2, -0.15) is 0 Å².